The number of ether oxygens (including phenoxy) is 1. The first kappa shape index (κ1) is 5.61. The van der Waals surface area contributed by atoms with Crippen LogP contribution in [0.1, 0.15) is 5.69 Å². The van der Waals surface area contributed by atoms with Crippen molar-refractivity contribution in [2.45, 2.75) is 13.3 Å². The van der Waals surface area contributed by atoms with E-state index >= 15 is 0 Å². The second kappa shape index (κ2) is 1.91. The maximum absolute atomic E-state index is 10.9. The summed E-state index contributed by atoms with van der Waals surface area (Å²) in [7, 11) is 0. The quantitative estimate of drug-likeness (QED) is 0.495. The Labute approximate surface area is 57.1 Å². The Morgan fingerprint density at radius 2 is 2.50 bits per heavy atom. The highest BCUT2D eigenvalue weighted by Gasteiger charge is 2.09. The van der Waals surface area contributed by atoms with Crippen molar-refractivity contribution in [2.75, 3.05) is 0 Å². The van der Waals surface area contributed by atoms with Crippen LogP contribution in [0.2, 0.25) is 0 Å². The molecule has 4 heteroatoms. The summed E-state index contributed by atoms with van der Waals surface area (Å²) < 4.78 is 6.58. The first-order valence-corrected chi connectivity index (χ1v) is 2.99. The third-order valence-electron chi connectivity index (χ3n) is 1.49. The van der Waals surface area contributed by atoms with Crippen molar-refractivity contribution in [1.82, 2.24) is 9.55 Å². The lowest BCUT2D eigenvalue weighted by molar-refractivity contribution is 0.108. The van der Waals surface area contributed by atoms with Gasteiger partial charge in [0.05, 0.1) is 18.5 Å². The zero-order valence-electron chi connectivity index (χ0n) is 5.28. The van der Waals surface area contributed by atoms with Crippen LogP contribution >= 0.6 is 0 Å². The number of rotatable bonds is 0. The van der Waals surface area contributed by atoms with Gasteiger partial charge in [-0.15, -0.1) is 0 Å². The van der Waals surface area contributed by atoms with E-state index in [1.165, 1.54) is 6.20 Å². The van der Waals surface area contributed by atoms with Gasteiger partial charge in [0.25, 0.3) is 5.56 Å². The van der Waals surface area contributed by atoms with Crippen molar-refractivity contribution in [2.24, 2.45) is 0 Å². The lowest BCUT2D eigenvalue weighted by Crippen LogP contribution is -2.18. The third-order valence-corrected chi connectivity index (χ3v) is 1.49. The van der Waals surface area contributed by atoms with E-state index in [2.05, 4.69) is 4.98 Å². The summed E-state index contributed by atoms with van der Waals surface area (Å²) in [5.41, 5.74) is 0.766. The minimum Gasteiger partial charge on any atom is -0.354 e. The molecule has 0 N–H and O–H groups in total. The van der Waals surface area contributed by atoms with Crippen molar-refractivity contribution >= 4 is 0 Å². The Hall–Kier alpha value is -1.16. The normalized spacial score (nSPS) is 15.2. The highest BCUT2D eigenvalue weighted by molar-refractivity contribution is 4.98. The van der Waals surface area contributed by atoms with E-state index in [0.29, 0.717) is 13.3 Å². The van der Waals surface area contributed by atoms with Crippen LogP contribution in [0.15, 0.2) is 17.2 Å². The second-order valence-corrected chi connectivity index (χ2v) is 2.14. The molecule has 2 rings (SSSR count). The van der Waals surface area contributed by atoms with Gasteiger partial charge < -0.3 is 4.74 Å². The summed E-state index contributed by atoms with van der Waals surface area (Å²) in [4.78, 5) is 14.7. The number of hydrogen-bond donors (Lipinski definition) is 0. The molecule has 0 fully saturated rings. The summed E-state index contributed by atoms with van der Waals surface area (Å²) in [6.07, 6.45) is 2.94. The van der Waals surface area contributed by atoms with Gasteiger partial charge in [0.1, 0.15) is 6.73 Å². The molecule has 0 saturated carbocycles. The molecular weight excluding hydrogens is 132 g/mol. The molecule has 0 spiro atoms. The minimum absolute atomic E-state index is 0.0880. The summed E-state index contributed by atoms with van der Waals surface area (Å²) >= 11 is 0. The van der Waals surface area contributed by atoms with E-state index in [1.807, 2.05) is 0 Å². The molecule has 1 aromatic rings. The SMILES string of the molecule is O=c1cncc2n1COC2. The van der Waals surface area contributed by atoms with E-state index in [0.717, 1.165) is 5.69 Å². The lowest BCUT2D eigenvalue weighted by atomic mass is 10.5. The molecule has 0 aromatic carbocycles. The van der Waals surface area contributed by atoms with Gasteiger partial charge >= 0.3 is 0 Å². The van der Waals surface area contributed by atoms with Crippen molar-refractivity contribution < 1.29 is 4.74 Å². The van der Waals surface area contributed by atoms with Crippen molar-refractivity contribution in [1.29, 1.82) is 0 Å². The molecule has 0 bridgehead atoms. The standard InChI is InChI=1S/C6H6N2O2/c9-6-2-7-1-5-3-10-4-8(5)6/h1-2H,3-4H2. The Bertz CT molecular complexity index is 305. The minimum atomic E-state index is -0.0880. The number of fused-ring (bicyclic) bond motifs is 1. The summed E-state index contributed by atoms with van der Waals surface area (Å²) in [5, 5.41) is 0. The van der Waals surface area contributed by atoms with Gasteiger partial charge in [0.15, 0.2) is 0 Å². The van der Waals surface area contributed by atoms with Crippen LogP contribution in [0.5, 0.6) is 0 Å². The van der Waals surface area contributed by atoms with E-state index < -0.39 is 0 Å². The van der Waals surface area contributed by atoms with Crippen LogP contribution in [0, 0.1) is 0 Å². The average Bonchev–Trinajstić information content (AvgIpc) is 2.36. The molecule has 0 aliphatic carbocycles. The fourth-order valence-corrected chi connectivity index (χ4v) is 0.971. The Kier molecular flexibility index (Phi) is 1.07. The van der Waals surface area contributed by atoms with Crippen molar-refractivity contribution in [3.8, 4) is 0 Å². The summed E-state index contributed by atoms with van der Waals surface area (Å²) in [5.74, 6) is 0. The Morgan fingerprint density at radius 3 is 3.30 bits per heavy atom. The van der Waals surface area contributed by atoms with Gasteiger partial charge in [-0.3, -0.25) is 14.3 Å². The van der Waals surface area contributed by atoms with Gasteiger partial charge in [-0.1, -0.05) is 0 Å². The van der Waals surface area contributed by atoms with Crippen LogP contribution in [0.3, 0.4) is 0 Å². The summed E-state index contributed by atoms with van der Waals surface area (Å²) in [6, 6.07) is 0. The fraction of sp³-hybridized carbons (Fsp3) is 0.333. The molecule has 52 valence electrons. The Balaban J connectivity index is 2.70. The smallest absolute Gasteiger partial charge is 0.271 e. The van der Waals surface area contributed by atoms with Crippen molar-refractivity contribution in [3.63, 3.8) is 0 Å². The zero-order valence-corrected chi connectivity index (χ0v) is 5.28. The molecule has 10 heavy (non-hydrogen) atoms. The molecule has 4 nitrogen and oxygen atoms in total. The van der Waals surface area contributed by atoms with E-state index in [4.69, 9.17) is 4.74 Å². The Morgan fingerprint density at radius 1 is 1.60 bits per heavy atom. The average molecular weight is 138 g/mol. The molecular formula is C6H6N2O2. The fourth-order valence-electron chi connectivity index (χ4n) is 0.971. The van der Waals surface area contributed by atoms with Gasteiger partial charge in [0, 0.05) is 6.20 Å². The molecule has 0 atom stereocenters. The monoisotopic (exact) mass is 138 g/mol. The summed E-state index contributed by atoms with van der Waals surface area (Å²) in [6.45, 7) is 0.875. The van der Waals surface area contributed by atoms with Gasteiger partial charge in [0.2, 0.25) is 0 Å². The first-order valence-electron chi connectivity index (χ1n) is 2.99. The van der Waals surface area contributed by atoms with Crippen LogP contribution in [-0.4, -0.2) is 9.55 Å². The van der Waals surface area contributed by atoms with E-state index in [9.17, 15) is 4.79 Å². The van der Waals surface area contributed by atoms with Crippen LogP contribution < -0.4 is 5.56 Å². The number of aromatic nitrogens is 2. The molecule has 2 heterocycles. The predicted molar refractivity (Wildman–Crippen MR) is 33.3 cm³/mol. The predicted octanol–water partition coefficient (Wildman–Crippen LogP) is -0.269. The molecule has 0 amide bonds. The molecule has 1 aliphatic rings. The molecule has 1 aromatic heterocycles. The molecule has 1 aliphatic heterocycles. The molecule has 0 saturated heterocycles. The highest BCUT2D eigenvalue weighted by Crippen LogP contribution is 2.04. The molecule has 0 radical (unpaired) electrons. The largest absolute Gasteiger partial charge is 0.354 e. The van der Waals surface area contributed by atoms with Gasteiger partial charge in [-0.05, 0) is 0 Å². The van der Waals surface area contributed by atoms with Gasteiger partial charge in [-0.25, -0.2) is 0 Å². The number of nitrogens with zero attached hydrogens (tertiary/aromatic N) is 2. The van der Waals surface area contributed by atoms with Crippen LogP contribution in [0.4, 0.5) is 0 Å². The zero-order chi connectivity index (χ0) is 6.97. The molecule has 0 unspecified atom stereocenters. The highest BCUT2D eigenvalue weighted by atomic mass is 16.5. The first-order chi connectivity index (χ1) is 4.88. The maximum atomic E-state index is 10.9. The number of hydrogen-bond acceptors (Lipinski definition) is 3. The van der Waals surface area contributed by atoms with Crippen LogP contribution in [-0.2, 0) is 18.1 Å². The topological polar surface area (TPSA) is 44.1 Å². The third kappa shape index (κ3) is 0.657. The van der Waals surface area contributed by atoms with E-state index in [1.54, 1.807) is 10.8 Å². The van der Waals surface area contributed by atoms with E-state index in [-0.39, 0.29) is 5.56 Å². The lowest BCUT2D eigenvalue weighted by Gasteiger charge is -1.94. The van der Waals surface area contributed by atoms with Crippen LogP contribution in [0.25, 0.3) is 0 Å². The van der Waals surface area contributed by atoms with Crippen molar-refractivity contribution in [3.05, 3.63) is 28.4 Å². The van der Waals surface area contributed by atoms with Gasteiger partial charge in [-0.2, -0.15) is 0 Å². The maximum Gasteiger partial charge on any atom is 0.271 e. The second-order valence-electron chi connectivity index (χ2n) is 2.14.